The van der Waals surface area contributed by atoms with Crippen LogP contribution in [0.3, 0.4) is 0 Å². The van der Waals surface area contributed by atoms with Gasteiger partial charge in [-0.25, -0.2) is 0 Å². The number of halogens is 1. The molecule has 1 unspecified atom stereocenters. The van der Waals surface area contributed by atoms with Crippen LogP contribution in [0.2, 0.25) is 0 Å². The van der Waals surface area contributed by atoms with Crippen LogP contribution in [-0.4, -0.2) is 21.4 Å². The molecule has 0 spiro atoms. The maximum Gasteiger partial charge on any atom is 0.135 e. The molecule has 0 aliphatic carbocycles. The number of benzene rings is 1. The Bertz CT molecular complexity index is 495. The van der Waals surface area contributed by atoms with Gasteiger partial charge in [-0.15, -0.1) is 0 Å². The SMILES string of the molecule is Cn1nc(Br)c2ccc(C(O)CN)cc21. The summed E-state index contributed by atoms with van der Waals surface area (Å²) in [7, 11) is 1.87. The Morgan fingerprint density at radius 3 is 3.00 bits per heavy atom. The van der Waals surface area contributed by atoms with Crippen LogP contribution in [0.25, 0.3) is 10.9 Å². The maximum atomic E-state index is 9.62. The lowest BCUT2D eigenvalue weighted by atomic mass is 10.1. The van der Waals surface area contributed by atoms with Gasteiger partial charge in [0.25, 0.3) is 0 Å². The van der Waals surface area contributed by atoms with Crippen LogP contribution < -0.4 is 5.73 Å². The van der Waals surface area contributed by atoms with E-state index in [1.807, 2.05) is 25.2 Å². The van der Waals surface area contributed by atoms with Gasteiger partial charge in [-0.2, -0.15) is 5.10 Å². The molecule has 80 valence electrons. The lowest BCUT2D eigenvalue weighted by Gasteiger charge is -2.07. The molecule has 0 saturated carbocycles. The van der Waals surface area contributed by atoms with Gasteiger partial charge in [-0.1, -0.05) is 6.07 Å². The first kappa shape index (κ1) is 10.6. The van der Waals surface area contributed by atoms with Crippen molar-refractivity contribution < 1.29 is 5.11 Å². The fraction of sp³-hybridized carbons (Fsp3) is 0.300. The van der Waals surface area contributed by atoms with Gasteiger partial charge in [0.15, 0.2) is 0 Å². The van der Waals surface area contributed by atoms with E-state index in [1.54, 1.807) is 4.68 Å². The number of rotatable bonds is 2. The Labute approximate surface area is 95.8 Å². The van der Waals surface area contributed by atoms with Crippen LogP contribution in [0.1, 0.15) is 11.7 Å². The van der Waals surface area contributed by atoms with Crippen LogP contribution in [-0.2, 0) is 7.05 Å². The average Bonchev–Trinajstić information content (AvgIpc) is 2.53. The largest absolute Gasteiger partial charge is 0.387 e. The Morgan fingerprint density at radius 1 is 1.60 bits per heavy atom. The van der Waals surface area contributed by atoms with Gasteiger partial charge in [-0.05, 0) is 33.6 Å². The van der Waals surface area contributed by atoms with E-state index in [1.165, 1.54) is 0 Å². The highest BCUT2D eigenvalue weighted by atomic mass is 79.9. The maximum absolute atomic E-state index is 9.62. The minimum absolute atomic E-state index is 0.227. The summed E-state index contributed by atoms with van der Waals surface area (Å²) < 4.78 is 2.58. The third-order valence-electron chi connectivity index (χ3n) is 2.44. The van der Waals surface area contributed by atoms with Gasteiger partial charge in [0.1, 0.15) is 4.60 Å². The van der Waals surface area contributed by atoms with Crippen molar-refractivity contribution in [3.63, 3.8) is 0 Å². The molecule has 4 nitrogen and oxygen atoms in total. The van der Waals surface area contributed by atoms with E-state index < -0.39 is 6.10 Å². The minimum atomic E-state index is -0.608. The van der Waals surface area contributed by atoms with Crippen LogP contribution in [0.4, 0.5) is 0 Å². The quantitative estimate of drug-likeness (QED) is 0.865. The number of nitrogens with two attached hydrogens (primary N) is 1. The number of nitrogens with zero attached hydrogens (tertiary/aromatic N) is 2. The minimum Gasteiger partial charge on any atom is -0.387 e. The van der Waals surface area contributed by atoms with Crippen molar-refractivity contribution in [1.29, 1.82) is 0 Å². The Kier molecular flexibility index (Phi) is 2.77. The fourth-order valence-corrected chi connectivity index (χ4v) is 2.15. The molecule has 0 radical (unpaired) electrons. The zero-order valence-corrected chi connectivity index (χ0v) is 9.90. The van der Waals surface area contributed by atoms with E-state index in [9.17, 15) is 5.11 Å². The van der Waals surface area contributed by atoms with Crippen molar-refractivity contribution in [2.24, 2.45) is 12.8 Å². The summed E-state index contributed by atoms with van der Waals surface area (Å²) >= 11 is 3.38. The normalized spacial score (nSPS) is 13.3. The molecule has 1 atom stereocenters. The van der Waals surface area contributed by atoms with Crippen molar-refractivity contribution in [1.82, 2.24) is 9.78 Å². The molecule has 1 aromatic heterocycles. The van der Waals surface area contributed by atoms with Crippen molar-refractivity contribution in [2.45, 2.75) is 6.10 Å². The molecule has 0 bridgehead atoms. The highest BCUT2D eigenvalue weighted by Gasteiger charge is 2.10. The topological polar surface area (TPSA) is 64.1 Å². The summed E-state index contributed by atoms with van der Waals surface area (Å²) in [5.41, 5.74) is 7.21. The Morgan fingerprint density at radius 2 is 2.33 bits per heavy atom. The Hall–Kier alpha value is -0.910. The van der Waals surface area contributed by atoms with Crippen molar-refractivity contribution in [3.05, 3.63) is 28.4 Å². The summed E-state index contributed by atoms with van der Waals surface area (Å²) in [5.74, 6) is 0. The zero-order valence-electron chi connectivity index (χ0n) is 8.31. The van der Waals surface area contributed by atoms with Gasteiger partial charge in [0, 0.05) is 19.0 Å². The van der Waals surface area contributed by atoms with Crippen molar-refractivity contribution >= 4 is 26.8 Å². The van der Waals surface area contributed by atoms with Crippen LogP contribution in [0, 0.1) is 0 Å². The third kappa shape index (κ3) is 1.78. The third-order valence-corrected chi connectivity index (χ3v) is 3.02. The number of fused-ring (bicyclic) bond motifs is 1. The molecule has 0 saturated heterocycles. The molecule has 0 amide bonds. The van der Waals surface area contributed by atoms with Gasteiger partial charge < -0.3 is 10.8 Å². The number of hydrogen-bond donors (Lipinski definition) is 2. The van der Waals surface area contributed by atoms with Crippen LogP contribution in [0.15, 0.2) is 22.8 Å². The Balaban J connectivity index is 2.60. The van der Waals surface area contributed by atoms with Crippen LogP contribution >= 0.6 is 15.9 Å². The highest BCUT2D eigenvalue weighted by molar-refractivity contribution is 9.10. The molecule has 1 heterocycles. The second-order valence-corrected chi connectivity index (χ2v) is 4.19. The molecule has 0 aliphatic rings. The van der Waals surface area contributed by atoms with E-state index in [0.717, 1.165) is 21.1 Å². The first-order chi connectivity index (χ1) is 7.13. The van der Waals surface area contributed by atoms with Crippen molar-refractivity contribution in [2.75, 3.05) is 6.54 Å². The number of hydrogen-bond acceptors (Lipinski definition) is 3. The van der Waals surface area contributed by atoms with Crippen molar-refractivity contribution in [3.8, 4) is 0 Å². The molecule has 1 aromatic carbocycles. The monoisotopic (exact) mass is 269 g/mol. The predicted octanol–water partition coefficient (Wildman–Crippen LogP) is 1.33. The lowest BCUT2D eigenvalue weighted by Crippen LogP contribution is -2.11. The summed E-state index contributed by atoms with van der Waals surface area (Å²) in [6.45, 7) is 0.227. The zero-order chi connectivity index (χ0) is 11.0. The molecule has 2 rings (SSSR count). The summed E-state index contributed by atoms with van der Waals surface area (Å²) in [6, 6.07) is 5.71. The summed E-state index contributed by atoms with van der Waals surface area (Å²) in [4.78, 5) is 0. The molecule has 0 aliphatic heterocycles. The first-order valence-electron chi connectivity index (χ1n) is 4.63. The molecule has 0 fully saturated rings. The molecule has 2 aromatic rings. The summed E-state index contributed by atoms with van der Waals surface area (Å²) in [6.07, 6.45) is -0.608. The first-order valence-corrected chi connectivity index (χ1v) is 5.43. The number of aryl methyl sites for hydroxylation is 1. The predicted molar refractivity (Wildman–Crippen MR) is 62.4 cm³/mol. The molecule has 3 N–H and O–H groups in total. The smallest absolute Gasteiger partial charge is 0.135 e. The summed E-state index contributed by atoms with van der Waals surface area (Å²) in [5, 5.41) is 14.9. The van der Waals surface area contributed by atoms with E-state index in [-0.39, 0.29) is 6.54 Å². The molecule has 15 heavy (non-hydrogen) atoms. The average molecular weight is 270 g/mol. The van der Waals surface area contributed by atoms with E-state index in [4.69, 9.17) is 5.73 Å². The molecule has 5 heteroatoms. The van der Waals surface area contributed by atoms with E-state index in [2.05, 4.69) is 21.0 Å². The standard InChI is InChI=1S/C10H12BrN3O/c1-14-8-4-6(9(15)5-12)2-3-7(8)10(11)13-14/h2-4,9,15H,5,12H2,1H3. The second-order valence-electron chi connectivity index (χ2n) is 3.44. The van der Waals surface area contributed by atoms with Gasteiger partial charge in [-0.3, -0.25) is 4.68 Å². The number of aromatic nitrogens is 2. The van der Waals surface area contributed by atoms with E-state index >= 15 is 0 Å². The number of aliphatic hydroxyl groups is 1. The second kappa shape index (κ2) is 3.92. The number of aliphatic hydroxyl groups excluding tert-OH is 1. The fourth-order valence-electron chi connectivity index (χ4n) is 1.57. The highest BCUT2D eigenvalue weighted by Crippen LogP contribution is 2.25. The van der Waals surface area contributed by atoms with E-state index in [0.29, 0.717) is 0 Å². The molecular formula is C10H12BrN3O. The van der Waals surface area contributed by atoms with Gasteiger partial charge in [0.05, 0.1) is 11.6 Å². The van der Waals surface area contributed by atoms with Gasteiger partial charge >= 0.3 is 0 Å². The van der Waals surface area contributed by atoms with Gasteiger partial charge in [0.2, 0.25) is 0 Å². The van der Waals surface area contributed by atoms with Crippen LogP contribution in [0.5, 0.6) is 0 Å². The lowest BCUT2D eigenvalue weighted by molar-refractivity contribution is 0.187. The molecular weight excluding hydrogens is 258 g/mol.